The first-order valence-electron chi connectivity index (χ1n) is 10.1. The van der Waals surface area contributed by atoms with Gasteiger partial charge in [-0.25, -0.2) is 0 Å². The minimum atomic E-state index is -1.97. The Balaban J connectivity index is 1.85. The number of hydrogen-bond donors (Lipinski definition) is 3. The second-order valence-corrected chi connectivity index (χ2v) is 8.48. The summed E-state index contributed by atoms with van der Waals surface area (Å²) in [5, 5.41) is 30.8. The third kappa shape index (κ3) is 5.39. The fourth-order valence-electron chi connectivity index (χ4n) is 3.36. The summed E-state index contributed by atoms with van der Waals surface area (Å²) in [6.45, 7) is 1.34. The number of carboxylic acid groups (broad SMARTS) is 1. The maximum absolute atomic E-state index is 11.6. The SMILES string of the molecule is CC(O)C(N)(Cc1ccc(OCc2cccc(-c3ccccc3)c2Br)c([N+](=O)[O-])c1)C(=O)O. The molecule has 0 amide bonds. The van der Waals surface area contributed by atoms with Crippen LogP contribution in [0, 0.1) is 10.1 Å². The molecule has 0 radical (unpaired) electrons. The summed E-state index contributed by atoms with van der Waals surface area (Å²) in [6, 6.07) is 19.6. The van der Waals surface area contributed by atoms with Crippen molar-refractivity contribution in [3.63, 3.8) is 0 Å². The lowest BCUT2D eigenvalue weighted by atomic mass is 9.87. The second-order valence-electron chi connectivity index (χ2n) is 7.69. The summed E-state index contributed by atoms with van der Waals surface area (Å²) >= 11 is 3.60. The minimum absolute atomic E-state index is 0.0377. The van der Waals surface area contributed by atoms with Crippen LogP contribution in [0.25, 0.3) is 11.1 Å². The van der Waals surface area contributed by atoms with Gasteiger partial charge in [0.2, 0.25) is 0 Å². The molecule has 0 aliphatic carbocycles. The summed E-state index contributed by atoms with van der Waals surface area (Å²) in [5.41, 5.74) is 6.63. The molecule has 33 heavy (non-hydrogen) atoms. The van der Waals surface area contributed by atoms with Gasteiger partial charge in [0.1, 0.15) is 12.1 Å². The van der Waals surface area contributed by atoms with Gasteiger partial charge in [0.15, 0.2) is 5.75 Å². The number of nitro groups is 1. The molecule has 172 valence electrons. The number of ether oxygens (including phenoxy) is 1. The van der Waals surface area contributed by atoms with Crippen molar-refractivity contribution in [1.82, 2.24) is 0 Å². The smallest absolute Gasteiger partial charge is 0.326 e. The first-order chi connectivity index (χ1) is 15.6. The summed E-state index contributed by atoms with van der Waals surface area (Å²) in [5.74, 6) is -1.36. The predicted octanol–water partition coefficient (Wildman–Crippen LogP) is 4.31. The Hall–Kier alpha value is -3.27. The van der Waals surface area contributed by atoms with E-state index < -0.39 is 22.5 Å². The van der Waals surface area contributed by atoms with Gasteiger partial charge >= 0.3 is 11.7 Å². The van der Waals surface area contributed by atoms with Crippen LogP contribution in [0.5, 0.6) is 5.75 Å². The van der Waals surface area contributed by atoms with Crippen LogP contribution in [0.15, 0.2) is 71.2 Å². The largest absolute Gasteiger partial charge is 0.482 e. The third-order valence-electron chi connectivity index (χ3n) is 5.41. The fourth-order valence-corrected chi connectivity index (χ4v) is 3.97. The highest BCUT2D eigenvalue weighted by Crippen LogP contribution is 2.34. The number of nitrogens with zero attached hydrogens (tertiary/aromatic N) is 1. The van der Waals surface area contributed by atoms with Crippen molar-refractivity contribution < 1.29 is 24.7 Å². The van der Waals surface area contributed by atoms with E-state index in [-0.39, 0.29) is 24.5 Å². The van der Waals surface area contributed by atoms with Crippen LogP contribution in [0.1, 0.15) is 18.1 Å². The van der Waals surface area contributed by atoms with E-state index in [1.165, 1.54) is 25.1 Å². The van der Waals surface area contributed by atoms with Gasteiger partial charge in [-0.15, -0.1) is 0 Å². The lowest BCUT2D eigenvalue weighted by Crippen LogP contribution is -2.57. The van der Waals surface area contributed by atoms with Crippen molar-refractivity contribution >= 4 is 27.6 Å². The Bertz CT molecular complexity index is 1170. The summed E-state index contributed by atoms with van der Waals surface area (Å²) < 4.78 is 6.59. The molecule has 0 bridgehead atoms. The van der Waals surface area contributed by atoms with Crippen molar-refractivity contribution in [2.45, 2.75) is 31.6 Å². The van der Waals surface area contributed by atoms with Gasteiger partial charge in [0.25, 0.3) is 0 Å². The summed E-state index contributed by atoms with van der Waals surface area (Å²) in [4.78, 5) is 22.6. The van der Waals surface area contributed by atoms with Crippen LogP contribution in [-0.4, -0.2) is 32.7 Å². The maximum Gasteiger partial charge on any atom is 0.326 e. The molecule has 0 heterocycles. The molecule has 0 fully saturated rings. The number of nitro benzene ring substituents is 1. The van der Waals surface area contributed by atoms with E-state index in [9.17, 15) is 25.1 Å². The first-order valence-corrected chi connectivity index (χ1v) is 10.9. The molecule has 3 aromatic carbocycles. The average molecular weight is 515 g/mol. The van der Waals surface area contributed by atoms with Gasteiger partial charge in [-0.2, -0.15) is 0 Å². The highest BCUT2D eigenvalue weighted by Gasteiger charge is 2.39. The molecule has 4 N–H and O–H groups in total. The minimum Gasteiger partial charge on any atom is -0.482 e. The molecule has 0 aliphatic rings. The molecule has 0 spiro atoms. The molecule has 0 aromatic heterocycles. The maximum atomic E-state index is 11.6. The predicted molar refractivity (Wildman–Crippen MR) is 127 cm³/mol. The van der Waals surface area contributed by atoms with Gasteiger partial charge < -0.3 is 20.7 Å². The summed E-state index contributed by atoms with van der Waals surface area (Å²) in [7, 11) is 0. The molecule has 0 saturated heterocycles. The van der Waals surface area contributed by atoms with Crippen molar-refractivity contribution in [3.05, 3.63) is 92.4 Å². The number of rotatable bonds is 9. The van der Waals surface area contributed by atoms with Crippen molar-refractivity contribution in [1.29, 1.82) is 0 Å². The highest BCUT2D eigenvalue weighted by molar-refractivity contribution is 9.10. The molecule has 8 nitrogen and oxygen atoms in total. The van der Waals surface area contributed by atoms with E-state index in [2.05, 4.69) is 15.9 Å². The van der Waals surface area contributed by atoms with Crippen LogP contribution in [0.4, 0.5) is 5.69 Å². The Morgan fingerprint density at radius 1 is 1.18 bits per heavy atom. The Kier molecular flexibility index (Phi) is 7.47. The topological polar surface area (TPSA) is 136 Å². The molecule has 3 aromatic rings. The van der Waals surface area contributed by atoms with Crippen LogP contribution < -0.4 is 10.5 Å². The normalized spacial score (nSPS) is 13.7. The zero-order valence-electron chi connectivity index (χ0n) is 17.8. The number of aliphatic carboxylic acids is 1. The van der Waals surface area contributed by atoms with E-state index in [4.69, 9.17) is 10.5 Å². The number of carbonyl (C=O) groups is 1. The Morgan fingerprint density at radius 2 is 1.88 bits per heavy atom. The van der Waals surface area contributed by atoms with Crippen LogP contribution in [0.3, 0.4) is 0 Å². The van der Waals surface area contributed by atoms with E-state index in [0.717, 1.165) is 21.2 Å². The molecule has 0 aliphatic heterocycles. The Morgan fingerprint density at radius 3 is 2.48 bits per heavy atom. The number of nitrogens with two attached hydrogens (primary N) is 1. The van der Waals surface area contributed by atoms with Gasteiger partial charge in [0.05, 0.1) is 11.0 Å². The number of carboxylic acids is 1. The number of aliphatic hydroxyl groups is 1. The molecule has 9 heteroatoms. The second kappa shape index (κ2) is 10.1. The van der Waals surface area contributed by atoms with Crippen molar-refractivity contribution in [2.24, 2.45) is 5.73 Å². The number of aliphatic hydroxyl groups excluding tert-OH is 1. The van der Waals surface area contributed by atoms with Crippen LogP contribution >= 0.6 is 15.9 Å². The number of hydrogen-bond acceptors (Lipinski definition) is 6. The van der Waals surface area contributed by atoms with Gasteiger partial charge in [-0.1, -0.05) is 54.6 Å². The molecule has 2 atom stereocenters. The highest BCUT2D eigenvalue weighted by atomic mass is 79.9. The lowest BCUT2D eigenvalue weighted by Gasteiger charge is -2.27. The number of halogens is 1. The van der Waals surface area contributed by atoms with Crippen molar-refractivity contribution in [2.75, 3.05) is 0 Å². The van der Waals surface area contributed by atoms with E-state index in [1.54, 1.807) is 0 Å². The van der Waals surface area contributed by atoms with Crippen LogP contribution in [0.2, 0.25) is 0 Å². The van der Waals surface area contributed by atoms with Gasteiger partial charge in [-0.05, 0) is 45.6 Å². The molecular weight excluding hydrogens is 492 g/mol. The Labute approximate surface area is 198 Å². The average Bonchev–Trinajstić information content (AvgIpc) is 2.79. The fraction of sp³-hybridized carbons (Fsp3) is 0.208. The molecule has 3 rings (SSSR count). The molecule has 0 saturated carbocycles. The van der Waals surface area contributed by atoms with Crippen LogP contribution in [-0.2, 0) is 17.8 Å². The zero-order chi connectivity index (χ0) is 24.2. The van der Waals surface area contributed by atoms with Gasteiger partial charge in [-0.3, -0.25) is 14.9 Å². The molecular formula is C24H23BrN2O6. The zero-order valence-corrected chi connectivity index (χ0v) is 19.4. The quantitative estimate of drug-likeness (QED) is 0.285. The van der Waals surface area contributed by atoms with E-state index in [1.807, 2.05) is 48.5 Å². The van der Waals surface area contributed by atoms with Crippen molar-refractivity contribution in [3.8, 4) is 16.9 Å². The number of benzene rings is 3. The van der Waals surface area contributed by atoms with E-state index in [0.29, 0.717) is 5.56 Å². The molecule has 2 unspecified atom stereocenters. The monoisotopic (exact) mass is 514 g/mol. The van der Waals surface area contributed by atoms with E-state index >= 15 is 0 Å². The lowest BCUT2D eigenvalue weighted by molar-refractivity contribution is -0.386. The summed E-state index contributed by atoms with van der Waals surface area (Å²) in [6.07, 6.45) is -1.65. The first kappa shape index (κ1) is 24.4. The van der Waals surface area contributed by atoms with Gasteiger partial charge in [0, 0.05) is 22.5 Å². The third-order valence-corrected chi connectivity index (χ3v) is 6.34. The standard InChI is InChI=1S/C24H23BrN2O6/c1-15(28)24(26,23(29)30)13-16-10-11-21(20(12-16)27(31)32)33-14-18-8-5-9-19(22(18)25)17-6-3-2-4-7-17/h2-12,15,28H,13-14,26H2,1H3,(H,29,30).